The summed E-state index contributed by atoms with van der Waals surface area (Å²) in [4.78, 5) is 27.4. The third-order valence-corrected chi connectivity index (χ3v) is 6.36. The van der Waals surface area contributed by atoms with E-state index in [1.165, 1.54) is 7.11 Å². The first kappa shape index (κ1) is 14.7. The van der Waals surface area contributed by atoms with Crippen molar-refractivity contribution in [3.05, 3.63) is 11.9 Å². The third-order valence-electron chi connectivity index (χ3n) is 6.36. The maximum atomic E-state index is 13.3. The molecule has 3 saturated carbocycles. The third kappa shape index (κ3) is 2.03. The van der Waals surface area contributed by atoms with Crippen molar-refractivity contribution >= 4 is 17.6 Å². The Hall–Kier alpha value is -1.85. The molecule has 4 aliphatic rings. The van der Waals surface area contributed by atoms with E-state index < -0.39 is 0 Å². The van der Waals surface area contributed by atoms with Gasteiger partial charge in [-0.25, -0.2) is 0 Å². The van der Waals surface area contributed by atoms with Crippen molar-refractivity contribution in [1.29, 1.82) is 0 Å². The molecule has 6 heteroatoms. The minimum Gasteiger partial charge on any atom is -0.469 e. The zero-order valence-corrected chi connectivity index (χ0v) is 13.6. The molecule has 0 unspecified atom stereocenters. The van der Waals surface area contributed by atoms with Gasteiger partial charge in [-0.3, -0.25) is 14.7 Å². The van der Waals surface area contributed by atoms with Gasteiger partial charge in [0.15, 0.2) is 0 Å². The molecule has 1 amide bonds. The highest BCUT2D eigenvalue weighted by molar-refractivity contribution is 5.99. The van der Waals surface area contributed by atoms with E-state index in [-0.39, 0.29) is 22.7 Å². The van der Waals surface area contributed by atoms with Gasteiger partial charge in [-0.2, -0.15) is 5.10 Å². The normalized spacial score (nSPS) is 32.5. The van der Waals surface area contributed by atoms with Crippen molar-refractivity contribution < 1.29 is 14.3 Å². The SMILES string of the molecule is COC(=O)C12CCC(C(=O)N3CCCc4[nH]ncc43)(CC1)CC2. The van der Waals surface area contributed by atoms with Gasteiger partial charge in [0.25, 0.3) is 0 Å². The summed E-state index contributed by atoms with van der Waals surface area (Å²) in [5.74, 6) is 0.145. The highest BCUT2D eigenvalue weighted by Gasteiger charge is 2.57. The molecule has 0 atom stereocenters. The van der Waals surface area contributed by atoms with E-state index in [0.29, 0.717) is 0 Å². The second kappa shape index (κ2) is 5.08. The molecule has 5 rings (SSSR count). The first-order valence-corrected chi connectivity index (χ1v) is 8.53. The molecule has 1 N–H and O–H groups in total. The van der Waals surface area contributed by atoms with Crippen LogP contribution in [0.25, 0.3) is 0 Å². The lowest BCUT2D eigenvalue weighted by Crippen LogP contribution is -2.54. The number of nitrogens with zero attached hydrogens (tertiary/aromatic N) is 2. The summed E-state index contributed by atoms with van der Waals surface area (Å²) in [5.41, 5.74) is 1.39. The van der Waals surface area contributed by atoms with Crippen molar-refractivity contribution in [2.75, 3.05) is 18.6 Å². The number of aromatic nitrogens is 2. The zero-order chi connectivity index (χ0) is 16.1. The second-order valence-electron chi connectivity index (χ2n) is 7.35. The minimum absolute atomic E-state index is 0.0895. The summed E-state index contributed by atoms with van der Waals surface area (Å²) in [6.45, 7) is 0.773. The highest BCUT2D eigenvalue weighted by Crippen LogP contribution is 2.58. The van der Waals surface area contributed by atoms with Crippen LogP contribution in [0.1, 0.15) is 50.6 Å². The highest BCUT2D eigenvalue weighted by atomic mass is 16.5. The summed E-state index contributed by atoms with van der Waals surface area (Å²) in [6, 6.07) is 0. The van der Waals surface area contributed by atoms with Crippen LogP contribution in [0.15, 0.2) is 6.20 Å². The Bertz CT molecular complexity index is 627. The quantitative estimate of drug-likeness (QED) is 0.849. The van der Waals surface area contributed by atoms with Crippen molar-refractivity contribution in [3.63, 3.8) is 0 Å². The fourth-order valence-corrected chi connectivity index (χ4v) is 4.78. The number of carbonyl (C=O) groups excluding carboxylic acids is 2. The van der Waals surface area contributed by atoms with Crippen LogP contribution in [-0.4, -0.2) is 35.7 Å². The molecule has 124 valence electrons. The van der Waals surface area contributed by atoms with Gasteiger partial charge in [-0.05, 0) is 51.4 Å². The van der Waals surface area contributed by atoms with Gasteiger partial charge in [-0.1, -0.05) is 0 Å². The molecule has 1 aliphatic heterocycles. The molecule has 1 aromatic heterocycles. The van der Waals surface area contributed by atoms with E-state index in [4.69, 9.17) is 4.74 Å². The van der Waals surface area contributed by atoms with Crippen molar-refractivity contribution in [2.45, 2.75) is 51.4 Å². The van der Waals surface area contributed by atoms with E-state index >= 15 is 0 Å². The smallest absolute Gasteiger partial charge is 0.311 e. The van der Waals surface area contributed by atoms with Crippen molar-refractivity contribution in [2.24, 2.45) is 10.8 Å². The average molecular weight is 317 g/mol. The van der Waals surface area contributed by atoms with Crippen molar-refractivity contribution in [3.8, 4) is 0 Å². The summed E-state index contributed by atoms with van der Waals surface area (Å²) >= 11 is 0. The van der Waals surface area contributed by atoms with Crippen LogP contribution in [0.4, 0.5) is 5.69 Å². The van der Waals surface area contributed by atoms with E-state index in [1.54, 1.807) is 6.20 Å². The number of fused-ring (bicyclic) bond motifs is 4. The Balaban J connectivity index is 1.57. The van der Waals surface area contributed by atoms with Gasteiger partial charge in [-0.15, -0.1) is 0 Å². The van der Waals surface area contributed by atoms with Gasteiger partial charge in [0.2, 0.25) is 5.91 Å². The Morgan fingerprint density at radius 3 is 2.48 bits per heavy atom. The van der Waals surface area contributed by atoms with Gasteiger partial charge < -0.3 is 9.64 Å². The van der Waals surface area contributed by atoms with Crippen LogP contribution < -0.4 is 4.90 Å². The Kier molecular flexibility index (Phi) is 3.25. The van der Waals surface area contributed by atoms with Crippen LogP contribution in [0, 0.1) is 10.8 Å². The zero-order valence-electron chi connectivity index (χ0n) is 13.6. The standard InChI is InChI=1S/C17H23N3O3/c1-23-15(22)17-7-4-16(5-8-17,6-9-17)14(21)20-10-2-3-12-13(20)11-18-19-12/h11H,2-10H2,1H3,(H,18,19). The van der Waals surface area contributed by atoms with Gasteiger partial charge in [0.1, 0.15) is 0 Å². The number of rotatable bonds is 2. The number of anilines is 1. The fourth-order valence-electron chi connectivity index (χ4n) is 4.78. The van der Waals surface area contributed by atoms with Crippen LogP contribution in [0.3, 0.4) is 0 Å². The van der Waals surface area contributed by atoms with Gasteiger partial charge in [0.05, 0.1) is 30.1 Å². The number of hydrogen-bond donors (Lipinski definition) is 1. The predicted molar refractivity (Wildman–Crippen MR) is 83.8 cm³/mol. The van der Waals surface area contributed by atoms with Crippen LogP contribution in [0.5, 0.6) is 0 Å². The number of hydrogen-bond acceptors (Lipinski definition) is 4. The summed E-state index contributed by atoms with van der Waals surface area (Å²) < 4.78 is 5.01. The predicted octanol–water partition coefficient (Wildman–Crippen LogP) is 2.20. The summed E-state index contributed by atoms with van der Waals surface area (Å²) in [6.07, 6.45) is 8.42. The molecule has 0 spiro atoms. The molecule has 0 aromatic carbocycles. The minimum atomic E-state index is -0.334. The number of ether oxygens (including phenoxy) is 1. The second-order valence-corrected chi connectivity index (χ2v) is 7.35. The van der Waals surface area contributed by atoms with Crippen LogP contribution >= 0.6 is 0 Å². The molecule has 23 heavy (non-hydrogen) atoms. The average Bonchev–Trinajstić information content (AvgIpc) is 3.10. The number of nitrogens with one attached hydrogen (secondary N) is 1. The van der Waals surface area contributed by atoms with E-state index in [1.807, 2.05) is 4.90 Å². The monoisotopic (exact) mass is 317 g/mol. The molecular weight excluding hydrogens is 294 g/mol. The lowest BCUT2D eigenvalue weighted by atomic mass is 9.53. The first-order valence-electron chi connectivity index (χ1n) is 8.53. The molecule has 3 fully saturated rings. The number of aromatic amines is 1. The van der Waals surface area contributed by atoms with E-state index in [0.717, 1.165) is 69.3 Å². The van der Waals surface area contributed by atoms with Gasteiger partial charge >= 0.3 is 5.97 Å². The lowest BCUT2D eigenvalue weighted by molar-refractivity contribution is -0.165. The van der Waals surface area contributed by atoms with E-state index in [2.05, 4.69) is 10.2 Å². The molecule has 3 aliphatic carbocycles. The molecular formula is C17H23N3O3. The van der Waals surface area contributed by atoms with E-state index in [9.17, 15) is 9.59 Å². The van der Waals surface area contributed by atoms with Crippen molar-refractivity contribution in [1.82, 2.24) is 10.2 Å². The number of aryl methyl sites for hydroxylation is 1. The maximum Gasteiger partial charge on any atom is 0.311 e. The molecule has 0 radical (unpaired) electrons. The summed E-state index contributed by atoms with van der Waals surface area (Å²) in [7, 11) is 1.47. The summed E-state index contributed by atoms with van der Waals surface area (Å²) in [5, 5.41) is 7.11. The molecule has 2 bridgehead atoms. The maximum absolute atomic E-state index is 13.3. The number of methoxy groups -OCH3 is 1. The number of amides is 1. The molecule has 1 aromatic rings. The number of carbonyl (C=O) groups is 2. The van der Waals surface area contributed by atoms with Crippen LogP contribution in [0.2, 0.25) is 0 Å². The first-order chi connectivity index (χ1) is 11.1. The molecule has 2 heterocycles. The number of H-pyrrole nitrogens is 1. The topological polar surface area (TPSA) is 75.3 Å². The lowest BCUT2D eigenvalue weighted by Gasteiger charge is -2.52. The van der Waals surface area contributed by atoms with Gasteiger partial charge in [0, 0.05) is 12.0 Å². The Labute approximate surface area is 135 Å². The Morgan fingerprint density at radius 2 is 1.83 bits per heavy atom. The Morgan fingerprint density at radius 1 is 1.17 bits per heavy atom. The van der Waals surface area contributed by atoms with Crippen LogP contribution in [-0.2, 0) is 20.7 Å². The fraction of sp³-hybridized carbons (Fsp3) is 0.706. The molecule has 0 saturated heterocycles. The number of esters is 1. The molecule has 6 nitrogen and oxygen atoms in total. The largest absolute Gasteiger partial charge is 0.469 e.